The topological polar surface area (TPSA) is 24.9 Å². The van der Waals surface area contributed by atoms with Crippen molar-refractivity contribution in [3.05, 3.63) is 71.4 Å². The molecule has 2 aromatic carbocycles. The number of benzene rings is 2. The summed E-state index contributed by atoms with van der Waals surface area (Å²) < 4.78 is 0. The van der Waals surface area contributed by atoms with Crippen molar-refractivity contribution in [1.82, 2.24) is 4.98 Å². The molecule has 22 heavy (non-hydrogen) atoms. The molecular formula is C20H20N2. The summed E-state index contributed by atoms with van der Waals surface area (Å²) in [5.41, 5.74) is 6.21. The van der Waals surface area contributed by atoms with E-state index in [4.69, 9.17) is 4.98 Å². The Hall–Kier alpha value is -2.35. The van der Waals surface area contributed by atoms with Crippen molar-refractivity contribution >= 4 is 16.6 Å². The molecule has 0 bridgehead atoms. The second-order valence-electron chi connectivity index (χ2n) is 6.31. The molecule has 2 heterocycles. The highest BCUT2D eigenvalue weighted by Gasteiger charge is 2.29. The maximum atomic E-state index is 5.02. The highest BCUT2D eigenvalue weighted by atomic mass is 14.9. The second-order valence-corrected chi connectivity index (χ2v) is 6.31. The van der Waals surface area contributed by atoms with Crippen LogP contribution in [0.4, 0.5) is 5.69 Å². The number of nitrogens with zero attached hydrogens (tertiary/aromatic N) is 1. The molecule has 2 heteroatoms. The SMILES string of the molecule is Cc1cc2ccccc2nc1C1c2ccccc2NCC1C. The predicted octanol–water partition coefficient (Wildman–Crippen LogP) is 4.74. The number of hydrogen-bond donors (Lipinski definition) is 1. The molecule has 2 unspecified atom stereocenters. The zero-order valence-corrected chi connectivity index (χ0v) is 13.0. The smallest absolute Gasteiger partial charge is 0.0705 e. The van der Waals surface area contributed by atoms with Crippen molar-refractivity contribution in [3.8, 4) is 0 Å². The first-order valence-electron chi connectivity index (χ1n) is 7.93. The van der Waals surface area contributed by atoms with Crippen LogP contribution in [-0.4, -0.2) is 11.5 Å². The molecule has 0 amide bonds. The third-order valence-electron chi connectivity index (χ3n) is 4.73. The van der Waals surface area contributed by atoms with Crippen LogP contribution in [0.1, 0.15) is 29.7 Å². The van der Waals surface area contributed by atoms with Gasteiger partial charge in [0.15, 0.2) is 0 Å². The van der Waals surface area contributed by atoms with Crippen molar-refractivity contribution in [1.29, 1.82) is 0 Å². The molecule has 0 aliphatic carbocycles. The molecule has 1 N–H and O–H groups in total. The van der Waals surface area contributed by atoms with E-state index in [2.05, 4.69) is 73.8 Å². The van der Waals surface area contributed by atoms with E-state index in [9.17, 15) is 0 Å². The molecule has 1 aliphatic heterocycles. The molecule has 3 aromatic rings. The third-order valence-corrected chi connectivity index (χ3v) is 4.73. The Morgan fingerprint density at radius 3 is 2.73 bits per heavy atom. The van der Waals surface area contributed by atoms with Crippen LogP contribution < -0.4 is 5.32 Å². The first kappa shape index (κ1) is 13.3. The van der Waals surface area contributed by atoms with Crippen LogP contribution in [-0.2, 0) is 0 Å². The minimum atomic E-state index is 0.363. The van der Waals surface area contributed by atoms with E-state index < -0.39 is 0 Å². The molecule has 4 rings (SSSR count). The van der Waals surface area contributed by atoms with Crippen molar-refractivity contribution < 1.29 is 0 Å². The minimum Gasteiger partial charge on any atom is -0.385 e. The van der Waals surface area contributed by atoms with Crippen molar-refractivity contribution in [2.45, 2.75) is 19.8 Å². The van der Waals surface area contributed by atoms with Crippen LogP contribution in [0.15, 0.2) is 54.6 Å². The summed E-state index contributed by atoms with van der Waals surface area (Å²) >= 11 is 0. The molecule has 0 spiro atoms. The van der Waals surface area contributed by atoms with Crippen LogP contribution in [0, 0.1) is 12.8 Å². The zero-order valence-electron chi connectivity index (χ0n) is 13.0. The van der Waals surface area contributed by atoms with Crippen molar-refractivity contribution in [2.75, 3.05) is 11.9 Å². The van der Waals surface area contributed by atoms with Gasteiger partial charge in [-0.1, -0.05) is 43.3 Å². The lowest BCUT2D eigenvalue weighted by atomic mass is 9.79. The summed E-state index contributed by atoms with van der Waals surface area (Å²) in [6.07, 6.45) is 0. The molecule has 0 saturated heterocycles. The zero-order chi connectivity index (χ0) is 15.1. The van der Waals surface area contributed by atoms with Crippen LogP contribution in [0.5, 0.6) is 0 Å². The number of hydrogen-bond acceptors (Lipinski definition) is 2. The molecule has 1 aliphatic rings. The number of fused-ring (bicyclic) bond motifs is 2. The maximum absolute atomic E-state index is 5.02. The van der Waals surface area contributed by atoms with E-state index in [-0.39, 0.29) is 0 Å². The Balaban J connectivity index is 1.92. The van der Waals surface area contributed by atoms with Crippen LogP contribution in [0.2, 0.25) is 0 Å². The third kappa shape index (κ3) is 2.07. The molecule has 0 fully saturated rings. The number of aryl methyl sites for hydroxylation is 1. The van der Waals surface area contributed by atoms with Gasteiger partial charge in [0.1, 0.15) is 0 Å². The van der Waals surface area contributed by atoms with Gasteiger partial charge in [-0.25, -0.2) is 0 Å². The first-order chi connectivity index (χ1) is 10.7. The summed E-state index contributed by atoms with van der Waals surface area (Å²) in [5, 5.41) is 4.76. The first-order valence-corrected chi connectivity index (χ1v) is 7.93. The quantitative estimate of drug-likeness (QED) is 0.700. The fraction of sp³-hybridized carbons (Fsp3) is 0.250. The highest BCUT2D eigenvalue weighted by molar-refractivity contribution is 5.79. The standard InChI is InChI=1S/C20H20N2/c1-13-11-15-7-3-5-9-17(15)22-20(13)19-14(2)12-21-18-10-6-4-8-16(18)19/h3-11,14,19,21H,12H2,1-2H3. The second kappa shape index (κ2) is 5.13. The lowest BCUT2D eigenvalue weighted by Gasteiger charge is -2.33. The Labute approximate surface area is 131 Å². The van der Waals surface area contributed by atoms with Crippen molar-refractivity contribution in [3.63, 3.8) is 0 Å². The summed E-state index contributed by atoms with van der Waals surface area (Å²) in [6.45, 7) is 5.49. The number of para-hydroxylation sites is 2. The van der Waals surface area contributed by atoms with E-state index in [0.717, 1.165) is 12.1 Å². The minimum absolute atomic E-state index is 0.363. The molecule has 0 saturated carbocycles. The molecule has 2 nitrogen and oxygen atoms in total. The summed E-state index contributed by atoms with van der Waals surface area (Å²) in [6, 6.07) is 19.3. The molecule has 2 atom stereocenters. The van der Waals surface area contributed by atoms with Gasteiger partial charge in [0.25, 0.3) is 0 Å². The summed E-state index contributed by atoms with van der Waals surface area (Å²) in [4.78, 5) is 5.02. The molecule has 110 valence electrons. The van der Waals surface area contributed by atoms with Gasteiger partial charge in [-0.05, 0) is 42.2 Å². The average Bonchev–Trinajstić information content (AvgIpc) is 2.54. The predicted molar refractivity (Wildman–Crippen MR) is 92.4 cm³/mol. The van der Waals surface area contributed by atoms with E-state index in [1.165, 1.54) is 27.9 Å². The van der Waals surface area contributed by atoms with Gasteiger partial charge < -0.3 is 5.32 Å². The number of aromatic nitrogens is 1. The van der Waals surface area contributed by atoms with Gasteiger partial charge in [-0.2, -0.15) is 0 Å². The van der Waals surface area contributed by atoms with Crippen LogP contribution in [0.3, 0.4) is 0 Å². The number of rotatable bonds is 1. The normalized spacial score (nSPS) is 20.5. The van der Waals surface area contributed by atoms with Gasteiger partial charge in [0.2, 0.25) is 0 Å². The lowest BCUT2D eigenvalue weighted by molar-refractivity contribution is 0.512. The fourth-order valence-corrected chi connectivity index (χ4v) is 3.59. The Bertz CT molecular complexity index is 838. The van der Waals surface area contributed by atoms with Gasteiger partial charge in [0.05, 0.1) is 11.2 Å². The molecule has 1 aromatic heterocycles. The van der Waals surface area contributed by atoms with E-state index in [1.54, 1.807) is 0 Å². The summed E-state index contributed by atoms with van der Waals surface area (Å²) in [5.74, 6) is 0.893. The van der Waals surface area contributed by atoms with Gasteiger partial charge >= 0.3 is 0 Å². The van der Waals surface area contributed by atoms with E-state index in [0.29, 0.717) is 11.8 Å². The Morgan fingerprint density at radius 2 is 1.82 bits per heavy atom. The molecular weight excluding hydrogens is 268 g/mol. The highest BCUT2D eigenvalue weighted by Crippen LogP contribution is 2.40. The monoisotopic (exact) mass is 288 g/mol. The number of nitrogens with one attached hydrogen (secondary N) is 1. The number of anilines is 1. The summed E-state index contributed by atoms with van der Waals surface area (Å²) in [7, 11) is 0. The van der Waals surface area contributed by atoms with E-state index >= 15 is 0 Å². The Morgan fingerprint density at radius 1 is 1.05 bits per heavy atom. The van der Waals surface area contributed by atoms with Gasteiger partial charge in [0, 0.05) is 23.5 Å². The largest absolute Gasteiger partial charge is 0.385 e. The van der Waals surface area contributed by atoms with E-state index in [1.807, 2.05) is 0 Å². The average molecular weight is 288 g/mol. The van der Waals surface area contributed by atoms with Gasteiger partial charge in [-0.3, -0.25) is 4.98 Å². The van der Waals surface area contributed by atoms with Gasteiger partial charge in [-0.15, -0.1) is 0 Å². The Kier molecular flexibility index (Phi) is 3.11. The molecule has 0 radical (unpaired) electrons. The number of pyridine rings is 1. The lowest BCUT2D eigenvalue weighted by Crippen LogP contribution is -2.27. The fourth-order valence-electron chi connectivity index (χ4n) is 3.59. The maximum Gasteiger partial charge on any atom is 0.0705 e. The van der Waals surface area contributed by atoms with Crippen LogP contribution in [0.25, 0.3) is 10.9 Å². The van der Waals surface area contributed by atoms with Crippen LogP contribution >= 0.6 is 0 Å². The van der Waals surface area contributed by atoms with Crippen molar-refractivity contribution in [2.24, 2.45) is 5.92 Å².